The lowest BCUT2D eigenvalue weighted by Gasteiger charge is -2.36. The molecule has 0 aliphatic carbocycles. The number of halogens is 2. The number of aryl methyl sites for hydroxylation is 1. The van der Waals surface area contributed by atoms with Gasteiger partial charge in [0.15, 0.2) is 5.78 Å². The summed E-state index contributed by atoms with van der Waals surface area (Å²) in [6.07, 6.45) is 1.83. The van der Waals surface area contributed by atoms with E-state index in [9.17, 15) is 14.0 Å². The zero-order chi connectivity index (χ0) is 22.9. The summed E-state index contributed by atoms with van der Waals surface area (Å²) in [6, 6.07) is 15.3. The van der Waals surface area contributed by atoms with Crippen LogP contribution in [0.25, 0.3) is 0 Å². The minimum atomic E-state index is -1.19. The number of hydrogen-bond donors (Lipinski definition) is 1. The Morgan fingerprint density at radius 2 is 2.00 bits per heavy atom. The van der Waals surface area contributed by atoms with Crippen LogP contribution in [-0.2, 0) is 17.4 Å². The highest BCUT2D eigenvalue weighted by Crippen LogP contribution is 2.61. The van der Waals surface area contributed by atoms with Gasteiger partial charge in [0, 0.05) is 53.1 Å². The first-order valence-corrected chi connectivity index (χ1v) is 12.3. The first kappa shape index (κ1) is 21.0. The Hall–Kier alpha value is -2.61. The van der Waals surface area contributed by atoms with Crippen LogP contribution >= 0.6 is 23.4 Å². The molecule has 0 bridgehead atoms. The second kappa shape index (κ2) is 7.45. The van der Waals surface area contributed by atoms with Crippen LogP contribution in [-0.4, -0.2) is 38.8 Å². The molecule has 2 fully saturated rings. The van der Waals surface area contributed by atoms with Crippen LogP contribution in [0.15, 0.2) is 60.8 Å². The largest absolute Gasteiger partial charge is 0.348 e. The number of nitrogens with one attached hydrogen (secondary N) is 1. The van der Waals surface area contributed by atoms with Crippen LogP contribution in [0.2, 0.25) is 5.02 Å². The number of fused-ring (bicyclic) bond motifs is 4. The van der Waals surface area contributed by atoms with Crippen LogP contribution in [0, 0.1) is 11.7 Å². The summed E-state index contributed by atoms with van der Waals surface area (Å²) >= 11 is 8.15. The SMILES string of the molecule is Cn1cccc1C(=O)C1C(c2ccc(F)cc2)C2CSCN2C12C(=O)Nc1ccc(Cl)cc12. The molecule has 4 atom stereocenters. The lowest BCUT2D eigenvalue weighted by atomic mass is 9.70. The Morgan fingerprint density at radius 1 is 1.21 bits per heavy atom. The number of hydrogen-bond acceptors (Lipinski definition) is 4. The van der Waals surface area contributed by atoms with Crippen molar-refractivity contribution in [1.29, 1.82) is 0 Å². The molecule has 0 radical (unpaired) electrons. The molecule has 8 heteroatoms. The summed E-state index contributed by atoms with van der Waals surface area (Å²) in [7, 11) is 1.83. The van der Waals surface area contributed by atoms with Gasteiger partial charge in [0.05, 0.1) is 11.6 Å². The number of anilines is 1. The Morgan fingerprint density at radius 3 is 2.73 bits per heavy atom. The monoisotopic (exact) mass is 481 g/mol. The normalized spacial score (nSPS) is 28.2. The van der Waals surface area contributed by atoms with Crippen molar-refractivity contribution in [2.45, 2.75) is 17.5 Å². The van der Waals surface area contributed by atoms with Crippen molar-refractivity contribution in [2.75, 3.05) is 16.9 Å². The molecule has 0 saturated carbocycles. The summed E-state index contributed by atoms with van der Waals surface area (Å²) in [5.74, 6) is -0.197. The molecule has 33 heavy (non-hydrogen) atoms. The van der Waals surface area contributed by atoms with Crippen molar-refractivity contribution in [3.8, 4) is 0 Å². The molecule has 3 aliphatic rings. The summed E-state index contributed by atoms with van der Waals surface area (Å²) in [6.45, 7) is 0. The molecule has 3 aromatic rings. The maximum absolute atomic E-state index is 14.3. The van der Waals surface area contributed by atoms with Gasteiger partial charge < -0.3 is 9.88 Å². The number of thioether (sulfide) groups is 1. The zero-order valence-electron chi connectivity index (χ0n) is 17.8. The van der Waals surface area contributed by atoms with Gasteiger partial charge in [0.25, 0.3) is 0 Å². The van der Waals surface area contributed by atoms with Crippen LogP contribution in [0.5, 0.6) is 0 Å². The van der Waals surface area contributed by atoms with E-state index >= 15 is 0 Å². The van der Waals surface area contributed by atoms with E-state index in [0.29, 0.717) is 22.3 Å². The van der Waals surface area contributed by atoms with Crippen molar-refractivity contribution < 1.29 is 14.0 Å². The molecular formula is C25H21ClFN3O2S. The molecule has 1 aromatic heterocycles. The number of carbonyl (C=O) groups is 2. The second-order valence-corrected chi connectivity index (χ2v) is 10.3. The maximum atomic E-state index is 14.3. The Labute approximate surface area is 199 Å². The number of aromatic nitrogens is 1. The van der Waals surface area contributed by atoms with E-state index in [1.165, 1.54) is 12.1 Å². The fraction of sp³-hybridized carbons (Fsp3) is 0.280. The lowest BCUT2D eigenvalue weighted by molar-refractivity contribution is -0.127. The van der Waals surface area contributed by atoms with E-state index < -0.39 is 11.5 Å². The van der Waals surface area contributed by atoms with Crippen LogP contribution in [0.3, 0.4) is 0 Å². The highest BCUT2D eigenvalue weighted by atomic mass is 35.5. The summed E-state index contributed by atoms with van der Waals surface area (Å²) in [5, 5.41) is 3.55. The topological polar surface area (TPSA) is 54.3 Å². The number of carbonyl (C=O) groups excluding carboxylic acids is 2. The maximum Gasteiger partial charge on any atom is 0.250 e. The smallest absolute Gasteiger partial charge is 0.250 e. The number of Topliss-reactive ketones (excluding diaryl/α,β-unsaturated/α-hetero) is 1. The number of ketones is 1. The van der Waals surface area contributed by atoms with Crippen molar-refractivity contribution in [2.24, 2.45) is 13.0 Å². The molecule has 1 spiro atoms. The van der Waals surface area contributed by atoms with Gasteiger partial charge in [-0.25, -0.2) is 4.39 Å². The molecular weight excluding hydrogens is 461 g/mol. The molecule has 2 saturated heterocycles. The Bertz CT molecular complexity index is 1290. The number of amides is 1. The minimum absolute atomic E-state index is 0.0506. The van der Waals surface area contributed by atoms with E-state index in [-0.39, 0.29) is 29.5 Å². The first-order valence-electron chi connectivity index (χ1n) is 10.8. The molecule has 1 N–H and O–H groups in total. The predicted molar refractivity (Wildman–Crippen MR) is 127 cm³/mol. The van der Waals surface area contributed by atoms with E-state index in [1.807, 2.05) is 25.4 Å². The third kappa shape index (κ3) is 2.82. The van der Waals surface area contributed by atoms with E-state index in [4.69, 9.17) is 11.6 Å². The van der Waals surface area contributed by atoms with Gasteiger partial charge in [0.2, 0.25) is 5.91 Å². The molecule has 168 valence electrons. The minimum Gasteiger partial charge on any atom is -0.348 e. The predicted octanol–water partition coefficient (Wildman–Crippen LogP) is 4.64. The van der Waals surface area contributed by atoms with Gasteiger partial charge in [-0.2, -0.15) is 0 Å². The van der Waals surface area contributed by atoms with Gasteiger partial charge in [-0.1, -0.05) is 23.7 Å². The average Bonchev–Trinajstić information content (AvgIpc) is 3.54. The highest BCUT2D eigenvalue weighted by Gasteiger charge is 2.69. The fourth-order valence-electron chi connectivity index (χ4n) is 5.98. The average molecular weight is 482 g/mol. The van der Waals surface area contributed by atoms with Gasteiger partial charge in [-0.15, -0.1) is 11.8 Å². The van der Waals surface area contributed by atoms with Crippen molar-refractivity contribution >= 4 is 40.7 Å². The quantitative estimate of drug-likeness (QED) is 0.554. The van der Waals surface area contributed by atoms with Gasteiger partial charge in [-0.3, -0.25) is 14.5 Å². The van der Waals surface area contributed by atoms with Gasteiger partial charge >= 0.3 is 0 Å². The molecule has 4 heterocycles. The zero-order valence-corrected chi connectivity index (χ0v) is 19.4. The molecule has 6 rings (SSSR count). The molecule has 4 unspecified atom stereocenters. The number of rotatable bonds is 3. The number of benzene rings is 2. The first-order chi connectivity index (χ1) is 15.9. The standard InChI is InChI=1S/C25H21ClFN3O2S/c1-29-10-2-3-19(29)23(31)22-21(14-4-7-16(27)8-5-14)20-12-33-13-30(20)25(22)17-11-15(26)6-9-18(17)28-24(25)32/h2-11,20-22H,12-13H2,1H3,(H,28,32). The third-order valence-electron chi connectivity index (χ3n) is 7.32. The molecule has 2 aromatic carbocycles. The second-order valence-electron chi connectivity index (χ2n) is 8.87. The lowest BCUT2D eigenvalue weighted by Crippen LogP contribution is -2.53. The summed E-state index contributed by atoms with van der Waals surface area (Å²) in [5.41, 5.74) is 1.65. The summed E-state index contributed by atoms with van der Waals surface area (Å²) < 4.78 is 15.6. The van der Waals surface area contributed by atoms with E-state index in [0.717, 1.165) is 16.9 Å². The highest BCUT2D eigenvalue weighted by molar-refractivity contribution is 7.99. The van der Waals surface area contributed by atoms with E-state index in [1.54, 1.807) is 46.7 Å². The van der Waals surface area contributed by atoms with Crippen LogP contribution < -0.4 is 5.32 Å². The van der Waals surface area contributed by atoms with E-state index in [2.05, 4.69) is 10.2 Å². The van der Waals surface area contributed by atoms with Gasteiger partial charge in [0.1, 0.15) is 11.4 Å². The Balaban J connectivity index is 1.63. The summed E-state index contributed by atoms with van der Waals surface area (Å²) in [4.78, 5) is 30.3. The molecule has 3 aliphatic heterocycles. The number of nitrogens with zero attached hydrogens (tertiary/aromatic N) is 2. The third-order valence-corrected chi connectivity index (χ3v) is 8.59. The Kier molecular flexibility index (Phi) is 4.73. The van der Waals surface area contributed by atoms with Crippen LogP contribution in [0.4, 0.5) is 10.1 Å². The van der Waals surface area contributed by atoms with Crippen molar-refractivity contribution in [3.05, 3.63) is 88.5 Å². The van der Waals surface area contributed by atoms with Crippen LogP contribution in [0.1, 0.15) is 27.5 Å². The van der Waals surface area contributed by atoms with Crippen molar-refractivity contribution in [3.63, 3.8) is 0 Å². The van der Waals surface area contributed by atoms with Crippen molar-refractivity contribution in [1.82, 2.24) is 9.47 Å². The fourth-order valence-corrected chi connectivity index (χ4v) is 7.48. The van der Waals surface area contributed by atoms with Gasteiger partial charge in [-0.05, 0) is 48.0 Å². The molecule has 5 nitrogen and oxygen atoms in total. The molecule has 1 amide bonds.